The number of aliphatic hydroxyl groups is 1. The zero-order chi connectivity index (χ0) is 32.3. The number of halogens is 2. The minimum atomic E-state index is -0.857. The third-order valence-electron chi connectivity index (χ3n) is 8.55. The highest BCUT2D eigenvalue weighted by molar-refractivity contribution is 7.18. The lowest BCUT2D eigenvalue weighted by molar-refractivity contribution is -0.129. The Morgan fingerprint density at radius 1 is 1.15 bits per heavy atom. The molecule has 0 radical (unpaired) electrons. The smallest absolute Gasteiger partial charge is 0.254 e. The summed E-state index contributed by atoms with van der Waals surface area (Å²) in [7, 11) is 1.75. The van der Waals surface area contributed by atoms with Crippen LogP contribution in [0, 0.1) is 11.6 Å². The number of fused-ring (bicyclic) bond motifs is 3. The van der Waals surface area contributed by atoms with Crippen LogP contribution >= 0.6 is 11.3 Å². The van der Waals surface area contributed by atoms with Crippen molar-refractivity contribution in [3.8, 4) is 39.5 Å². The second-order valence-electron chi connectivity index (χ2n) is 11.3. The lowest BCUT2D eigenvalue weighted by Gasteiger charge is -2.33. The Morgan fingerprint density at radius 2 is 1.98 bits per heavy atom. The molecule has 2 aliphatic heterocycles. The number of rotatable bonds is 7. The number of ether oxygens (including phenoxy) is 1. The quantitative estimate of drug-likeness (QED) is 0.225. The zero-order valence-corrected chi connectivity index (χ0v) is 25.9. The van der Waals surface area contributed by atoms with Gasteiger partial charge in [0.15, 0.2) is 0 Å². The van der Waals surface area contributed by atoms with Gasteiger partial charge in [0, 0.05) is 59.0 Å². The Kier molecular flexibility index (Phi) is 7.41. The van der Waals surface area contributed by atoms with E-state index in [1.54, 1.807) is 16.8 Å². The number of aromatic nitrogens is 3. The van der Waals surface area contributed by atoms with Gasteiger partial charge in [-0.1, -0.05) is 18.7 Å². The van der Waals surface area contributed by atoms with Gasteiger partial charge < -0.3 is 19.6 Å². The van der Waals surface area contributed by atoms with Crippen LogP contribution < -0.4 is 4.74 Å². The highest BCUT2D eigenvalue weighted by atomic mass is 32.1. The van der Waals surface area contributed by atoms with Crippen molar-refractivity contribution in [2.75, 3.05) is 26.8 Å². The van der Waals surface area contributed by atoms with Gasteiger partial charge in [-0.05, 0) is 42.1 Å². The molecule has 0 bridgehead atoms. The molecule has 0 spiro atoms. The van der Waals surface area contributed by atoms with E-state index in [9.17, 15) is 19.1 Å². The molecule has 1 N–H and O–H groups in total. The molecule has 234 valence electrons. The van der Waals surface area contributed by atoms with E-state index < -0.39 is 11.6 Å². The van der Waals surface area contributed by atoms with E-state index in [-0.39, 0.29) is 42.4 Å². The second kappa shape index (κ2) is 11.5. The fourth-order valence-electron chi connectivity index (χ4n) is 6.35. The molecule has 1 atom stereocenters. The van der Waals surface area contributed by atoms with E-state index in [1.165, 1.54) is 17.4 Å². The van der Waals surface area contributed by atoms with Gasteiger partial charge in [-0.3, -0.25) is 14.3 Å². The van der Waals surface area contributed by atoms with Gasteiger partial charge >= 0.3 is 0 Å². The Balaban J connectivity index is 1.50. The maximum absolute atomic E-state index is 15.9. The summed E-state index contributed by atoms with van der Waals surface area (Å²) in [5.74, 6) is -2.04. The fraction of sp³-hybridized carbons (Fsp3) is 0.235. The number of benzene rings is 2. The van der Waals surface area contributed by atoms with E-state index in [1.807, 2.05) is 47.3 Å². The SMILES string of the molecule is C=CC(=O)N1CCn2nc(-c3nc(-c4ccc5c(c4)C(=O)N(C)C5)c4ccsc4c3-c3c(F)cc(F)cc3OCCO)cc2C1C. The van der Waals surface area contributed by atoms with Crippen LogP contribution in [0.1, 0.15) is 34.6 Å². The summed E-state index contributed by atoms with van der Waals surface area (Å²) in [6.45, 7) is 6.38. The van der Waals surface area contributed by atoms with Gasteiger partial charge in [0.1, 0.15) is 35.4 Å². The monoisotopic (exact) mass is 641 g/mol. The summed E-state index contributed by atoms with van der Waals surface area (Å²) in [5.41, 5.74) is 4.65. The molecule has 0 fully saturated rings. The zero-order valence-electron chi connectivity index (χ0n) is 25.1. The summed E-state index contributed by atoms with van der Waals surface area (Å²) < 4.78 is 38.6. The van der Waals surface area contributed by atoms with Crippen molar-refractivity contribution < 1.29 is 28.2 Å². The lowest BCUT2D eigenvalue weighted by atomic mass is 9.95. The Bertz CT molecular complexity index is 2070. The molecule has 7 rings (SSSR count). The molecule has 46 heavy (non-hydrogen) atoms. The number of carbonyl (C=O) groups is 2. The van der Waals surface area contributed by atoms with Crippen molar-refractivity contribution in [1.29, 1.82) is 0 Å². The van der Waals surface area contributed by atoms with Crippen molar-refractivity contribution in [1.82, 2.24) is 24.6 Å². The van der Waals surface area contributed by atoms with Crippen molar-refractivity contribution in [3.05, 3.63) is 89.0 Å². The molecule has 9 nitrogen and oxygen atoms in total. The van der Waals surface area contributed by atoms with E-state index in [4.69, 9.17) is 14.8 Å². The minimum Gasteiger partial charge on any atom is -0.490 e. The lowest BCUT2D eigenvalue weighted by Crippen LogP contribution is -2.40. The van der Waals surface area contributed by atoms with Crippen molar-refractivity contribution >= 4 is 33.2 Å². The molecule has 1 unspecified atom stereocenters. The summed E-state index contributed by atoms with van der Waals surface area (Å²) in [6, 6.07) is 10.9. The second-order valence-corrected chi connectivity index (χ2v) is 12.2. The van der Waals surface area contributed by atoms with E-state index in [2.05, 4.69) is 6.58 Å². The molecule has 0 saturated carbocycles. The summed E-state index contributed by atoms with van der Waals surface area (Å²) >= 11 is 1.36. The first-order chi connectivity index (χ1) is 22.2. The van der Waals surface area contributed by atoms with Crippen LogP contribution in [0.5, 0.6) is 5.75 Å². The maximum Gasteiger partial charge on any atom is 0.254 e. The molecule has 2 aromatic carbocycles. The first-order valence-corrected chi connectivity index (χ1v) is 15.6. The van der Waals surface area contributed by atoms with Crippen LogP contribution in [-0.4, -0.2) is 68.3 Å². The van der Waals surface area contributed by atoms with Crippen molar-refractivity contribution in [3.63, 3.8) is 0 Å². The molecular weight excluding hydrogens is 612 g/mol. The van der Waals surface area contributed by atoms with Crippen LogP contribution in [0.25, 0.3) is 43.9 Å². The third-order valence-corrected chi connectivity index (χ3v) is 9.48. The minimum absolute atomic E-state index is 0.00964. The van der Waals surface area contributed by atoms with Gasteiger partial charge in [-0.2, -0.15) is 5.10 Å². The summed E-state index contributed by atoms with van der Waals surface area (Å²) in [4.78, 5) is 34.0. The standard InChI is InChI=1S/C34H29F2N5O4S/c1-4-28(43)40-8-9-41-26(18(40)2)16-25(38-41)32-30(29-24(36)14-21(35)15-27(29)45-11-10-42)33-22(7-12-46-33)31(37-32)19-5-6-20-17-39(3)34(44)23(20)13-19/h4-7,12-16,18,42H,1,8-11,17H2,2-3H3. The Labute approximate surface area is 267 Å². The number of carbonyl (C=O) groups excluding carboxylic acids is 2. The molecule has 12 heteroatoms. The average Bonchev–Trinajstić information content (AvgIpc) is 3.77. The molecular formula is C34H29F2N5O4S. The summed E-state index contributed by atoms with van der Waals surface area (Å²) in [6.07, 6.45) is 1.28. The topological polar surface area (TPSA) is 101 Å². The van der Waals surface area contributed by atoms with Crippen LogP contribution in [0.2, 0.25) is 0 Å². The van der Waals surface area contributed by atoms with Gasteiger partial charge in [-0.25, -0.2) is 13.8 Å². The highest BCUT2D eigenvalue weighted by Gasteiger charge is 2.32. The van der Waals surface area contributed by atoms with Crippen LogP contribution in [-0.2, 0) is 17.9 Å². The van der Waals surface area contributed by atoms with E-state index >= 15 is 4.39 Å². The summed E-state index contributed by atoms with van der Waals surface area (Å²) in [5, 5.41) is 16.9. The number of thiophene rings is 1. The largest absolute Gasteiger partial charge is 0.490 e. The van der Waals surface area contributed by atoms with E-state index in [0.717, 1.165) is 23.4 Å². The van der Waals surface area contributed by atoms with Crippen molar-refractivity contribution in [2.45, 2.75) is 26.1 Å². The molecule has 5 heterocycles. The van der Waals surface area contributed by atoms with Gasteiger partial charge in [0.2, 0.25) is 5.91 Å². The predicted octanol–water partition coefficient (Wildman–Crippen LogP) is 5.82. The van der Waals surface area contributed by atoms with Crippen molar-refractivity contribution in [2.24, 2.45) is 0 Å². The molecule has 3 aromatic heterocycles. The number of nitrogens with zero attached hydrogens (tertiary/aromatic N) is 5. The third kappa shape index (κ3) is 4.76. The van der Waals surface area contributed by atoms with Crippen LogP contribution in [0.3, 0.4) is 0 Å². The maximum atomic E-state index is 15.9. The molecule has 2 amide bonds. The van der Waals surface area contributed by atoms with Gasteiger partial charge in [0.05, 0.1) is 36.1 Å². The van der Waals surface area contributed by atoms with Crippen LogP contribution in [0.15, 0.2) is 60.5 Å². The van der Waals surface area contributed by atoms with Gasteiger partial charge in [0.25, 0.3) is 5.91 Å². The normalized spacial score (nSPS) is 15.8. The molecule has 5 aromatic rings. The van der Waals surface area contributed by atoms with E-state index in [0.29, 0.717) is 63.5 Å². The average molecular weight is 642 g/mol. The number of amides is 2. The van der Waals surface area contributed by atoms with Gasteiger partial charge in [-0.15, -0.1) is 11.3 Å². The number of hydrogen-bond donors (Lipinski definition) is 1. The number of pyridine rings is 1. The molecule has 0 saturated heterocycles. The predicted molar refractivity (Wildman–Crippen MR) is 170 cm³/mol. The first kappa shape index (κ1) is 29.8. The Morgan fingerprint density at radius 3 is 2.76 bits per heavy atom. The molecule has 2 aliphatic rings. The first-order valence-electron chi connectivity index (χ1n) is 14.7. The number of hydrogen-bond acceptors (Lipinski definition) is 7. The Hall–Kier alpha value is -4.94. The fourth-order valence-corrected chi connectivity index (χ4v) is 7.30. The highest BCUT2D eigenvalue weighted by Crippen LogP contribution is 2.47. The number of aliphatic hydroxyl groups excluding tert-OH is 1. The molecule has 0 aliphatic carbocycles. The van der Waals surface area contributed by atoms with Crippen LogP contribution in [0.4, 0.5) is 8.78 Å².